The van der Waals surface area contributed by atoms with E-state index in [-0.39, 0.29) is 0 Å². The molecule has 0 aliphatic heterocycles. The molecule has 0 saturated carbocycles. The Balaban J connectivity index is 2.88. The maximum absolute atomic E-state index is 5.44. The summed E-state index contributed by atoms with van der Waals surface area (Å²) in [4.78, 5) is 0. The number of hydrogen-bond donors (Lipinski definition) is 1. The maximum Gasteiger partial charge on any atom is 0.122 e. The zero-order chi connectivity index (χ0) is 12.8. The van der Waals surface area contributed by atoms with Crippen LogP contribution in [0.3, 0.4) is 0 Å². The van der Waals surface area contributed by atoms with E-state index in [0.717, 1.165) is 12.2 Å². The first-order valence-corrected chi connectivity index (χ1v) is 6.43. The van der Waals surface area contributed by atoms with Crippen molar-refractivity contribution in [2.24, 2.45) is 5.92 Å². The van der Waals surface area contributed by atoms with Crippen molar-refractivity contribution in [2.75, 3.05) is 14.2 Å². The predicted octanol–water partition coefficient (Wildman–Crippen LogP) is 3.18. The monoisotopic (exact) mass is 235 g/mol. The Labute approximate surface area is 105 Å². The molecule has 0 spiro atoms. The fourth-order valence-corrected chi connectivity index (χ4v) is 2.26. The van der Waals surface area contributed by atoms with Gasteiger partial charge in [0.15, 0.2) is 0 Å². The molecule has 0 aliphatic carbocycles. The van der Waals surface area contributed by atoms with E-state index < -0.39 is 0 Å². The van der Waals surface area contributed by atoms with Gasteiger partial charge in [-0.25, -0.2) is 0 Å². The van der Waals surface area contributed by atoms with Crippen molar-refractivity contribution in [3.05, 3.63) is 29.3 Å². The first kappa shape index (κ1) is 14.0. The Morgan fingerprint density at radius 2 is 2.06 bits per heavy atom. The molecular formula is C15H25NO. The van der Waals surface area contributed by atoms with Crippen LogP contribution in [-0.2, 0) is 6.42 Å². The predicted molar refractivity (Wildman–Crippen MR) is 73.7 cm³/mol. The van der Waals surface area contributed by atoms with Crippen molar-refractivity contribution in [2.45, 2.75) is 39.7 Å². The standard InChI is InChI=1S/C15H25NO/c1-6-13(12(3)16-4)10-14-9-11(2)7-8-15(14)17-5/h7-9,12-13,16H,6,10H2,1-5H3. The van der Waals surface area contributed by atoms with Crippen LogP contribution in [0.2, 0.25) is 0 Å². The van der Waals surface area contributed by atoms with E-state index >= 15 is 0 Å². The van der Waals surface area contributed by atoms with Crippen molar-refractivity contribution in [1.29, 1.82) is 0 Å². The van der Waals surface area contributed by atoms with E-state index in [1.807, 2.05) is 7.05 Å². The zero-order valence-electron chi connectivity index (χ0n) is 11.7. The maximum atomic E-state index is 5.44. The second-order valence-electron chi connectivity index (χ2n) is 4.77. The number of methoxy groups -OCH3 is 1. The van der Waals surface area contributed by atoms with Crippen LogP contribution in [0.1, 0.15) is 31.4 Å². The largest absolute Gasteiger partial charge is 0.496 e. The van der Waals surface area contributed by atoms with Gasteiger partial charge in [-0.3, -0.25) is 0 Å². The van der Waals surface area contributed by atoms with Crippen molar-refractivity contribution in [3.63, 3.8) is 0 Å². The number of hydrogen-bond acceptors (Lipinski definition) is 2. The van der Waals surface area contributed by atoms with Gasteiger partial charge in [-0.1, -0.05) is 31.0 Å². The Bertz CT molecular complexity index is 349. The molecule has 2 atom stereocenters. The lowest BCUT2D eigenvalue weighted by Crippen LogP contribution is -2.31. The van der Waals surface area contributed by atoms with Gasteiger partial charge in [0.1, 0.15) is 5.75 Å². The smallest absolute Gasteiger partial charge is 0.122 e. The number of nitrogens with one attached hydrogen (secondary N) is 1. The van der Waals surface area contributed by atoms with E-state index in [1.165, 1.54) is 17.5 Å². The van der Waals surface area contributed by atoms with Crippen LogP contribution in [-0.4, -0.2) is 20.2 Å². The Kier molecular flexibility index (Phi) is 5.49. The molecule has 0 aliphatic rings. The quantitative estimate of drug-likeness (QED) is 0.817. The van der Waals surface area contributed by atoms with Gasteiger partial charge < -0.3 is 10.1 Å². The normalized spacial score (nSPS) is 14.4. The first-order valence-electron chi connectivity index (χ1n) is 6.43. The number of rotatable bonds is 6. The van der Waals surface area contributed by atoms with Crippen LogP contribution < -0.4 is 10.1 Å². The molecule has 0 aromatic heterocycles. The van der Waals surface area contributed by atoms with Crippen LogP contribution in [0.25, 0.3) is 0 Å². The summed E-state index contributed by atoms with van der Waals surface area (Å²) in [5, 5.41) is 3.35. The molecule has 0 amide bonds. The number of benzene rings is 1. The molecule has 0 saturated heterocycles. The van der Waals surface area contributed by atoms with Gasteiger partial charge in [0, 0.05) is 6.04 Å². The summed E-state index contributed by atoms with van der Waals surface area (Å²) in [6.45, 7) is 6.63. The average Bonchev–Trinajstić information content (AvgIpc) is 2.35. The molecule has 1 aromatic rings. The van der Waals surface area contributed by atoms with E-state index in [9.17, 15) is 0 Å². The van der Waals surface area contributed by atoms with Crippen molar-refractivity contribution in [3.8, 4) is 5.75 Å². The van der Waals surface area contributed by atoms with Gasteiger partial charge in [0.05, 0.1) is 7.11 Å². The number of ether oxygens (including phenoxy) is 1. The summed E-state index contributed by atoms with van der Waals surface area (Å²) in [7, 11) is 3.78. The summed E-state index contributed by atoms with van der Waals surface area (Å²) >= 11 is 0. The minimum absolute atomic E-state index is 0.533. The highest BCUT2D eigenvalue weighted by atomic mass is 16.5. The highest BCUT2D eigenvalue weighted by molar-refractivity contribution is 5.37. The van der Waals surface area contributed by atoms with Gasteiger partial charge in [0.25, 0.3) is 0 Å². The van der Waals surface area contributed by atoms with Gasteiger partial charge in [-0.15, -0.1) is 0 Å². The minimum Gasteiger partial charge on any atom is -0.496 e. The summed E-state index contributed by atoms with van der Waals surface area (Å²) in [6, 6.07) is 6.95. The Morgan fingerprint density at radius 3 is 2.59 bits per heavy atom. The molecule has 2 nitrogen and oxygen atoms in total. The van der Waals surface area contributed by atoms with Gasteiger partial charge in [0.2, 0.25) is 0 Å². The molecule has 0 radical (unpaired) electrons. The fourth-order valence-electron chi connectivity index (χ4n) is 2.26. The Morgan fingerprint density at radius 1 is 1.35 bits per heavy atom. The van der Waals surface area contributed by atoms with Crippen LogP contribution >= 0.6 is 0 Å². The summed E-state index contributed by atoms with van der Waals surface area (Å²) < 4.78 is 5.44. The number of aryl methyl sites for hydroxylation is 1. The van der Waals surface area contributed by atoms with E-state index in [1.54, 1.807) is 7.11 Å². The molecule has 96 valence electrons. The van der Waals surface area contributed by atoms with Gasteiger partial charge in [-0.2, -0.15) is 0 Å². The van der Waals surface area contributed by atoms with E-state index in [4.69, 9.17) is 4.74 Å². The van der Waals surface area contributed by atoms with Crippen LogP contribution in [0.5, 0.6) is 5.75 Å². The Hall–Kier alpha value is -1.02. The topological polar surface area (TPSA) is 21.3 Å². The molecule has 17 heavy (non-hydrogen) atoms. The summed E-state index contributed by atoms with van der Waals surface area (Å²) in [5.74, 6) is 1.66. The molecule has 0 bridgehead atoms. The van der Waals surface area contributed by atoms with Gasteiger partial charge >= 0.3 is 0 Å². The SMILES string of the molecule is CCC(Cc1cc(C)ccc1OC)C(C)NC. The first-order chi connectivity index (χ1) is 8.12. The van der Waals surface area contributed by atoms with E-state index in [2.05, 4.69) is 44.3 Å². The molecule has 1 rings (SSSR count). The van der Waals surface area contributed by atoms with Crippen molar-refractivity contribution < 1.29 is 4.74 Å². The lowest BCUT2D eigenvalue weighted by atomic mass is 9.90. The zero-order valence-corrected chi connectivity index (χ0v) is 11.7. The van der Waals surface area contributed by atoms with E-state index in [0.29, 0.717) is 12.0 Å². The third-order valence-corrected chi connectivity index (χ3v) is 3.60. The minimum atomic E-state index is 0.533. The van der Waals surface area contributed by atoms with Gasteiger partial charge in [-0.05, 0) is 44.9 Å². The van der Waals surface area contributed by atoms with Crippen LogP contribution in [0.15, 0.2) is 18.2 Å². The summed E-state index contributed by atoms with van der Waals surface area (Å²) in [5.41, 5.74) is 2.62. The highest BCUT2D eigenvalue weighted by Crippen LogP contribution is 2.25. The molecule has 0 fully saturated rings. The second kappa shape index (κ2) is 6.65. The average molecular weight is 235 g/mol. The third kappa shape index (κ3) is 3.74. The molecule has 2 heteroatoms. The fraction of sp³-hybridized carbons (Fsp3) is 0.600. The molecule has 1 N–H and O–H groups in total. The third-order valence-electron chi connectivity index (χ3n) is 3.60. The van der Waals surface area contributed by atoms with Crippen molar-refractivity contribution in [1.82, 2.24) is 5.32 Å². The molecular weight excluding hydrogens is 210 g/mol. The molecule has 2 unspecified atom stereocenters. The molecule has 1 aromatic carbocycles. The lowest BCUT2D eigenvalue weighted by molar-refractivity contribution is 0.367. The molecule has 0 heterocycles. The lowest BCUT2D eigenvalue weighted by Gasteiger charge is -2.23. The van der Waals surface area contributed by atoms with Crippen molar-refractivity contribution >= 4 is 0 Å². The highest BCUT2D eigenvalue weighted by Gasteiger charge is 2.16. The summed E-state index contributed by atoms with van der Waals surface area (Å²) in [6.07, 6.45) is 2.25. The van der Waals surface area contributed by atoms with Crippen LogP contribution in [0.4, 0.5) is 0 Å². The second-order valence-corrected chi connectivity index (χ2v) is 4.77. The van der Waals surface area contributed by atoms with Crippen LogP contribution in [0, 0.1) is 12.8 Å².